The average molecular weight is 321 g/mol. The van der Waals surface area contributed by atoms with Crippen LogP contribution in [0.5, 0.6) is 0 Å². The average Bonchev–Trinajstić information content (AvgIpc) is 2.53. The Kier molecular flexibility index (Phi) is 6.09. The highest BCUT2D eigenvalue weighted by molar-refractivity contribution is 5.92. The summed E-state index contributed by atoms with van der Waals surface area (Å²) in [6.45, 7) is 2.31. The molecule has 2 rings (SSSR count). The molecule has 0 spiro atoms. The Morgan fingerprint density at radius 1 is 1.04 bits per heavy atom. The Morgan fingerprint density at radius 2 is 1.79 bits per heavy atom. The van der Waals surface area contributed by atoms with Crippen LogP contribution in [-0.4, -0.2) is 11.8 Å². The van der Waals surface area contributed by atoms with Crippen molar-refractivity contribution in [3.63, 3.8) is 0 Å². The number of amides is 2. The minimum Gasteiger partial charge on any atom is -0.351 e. The SMILES string of the molecule is Cc1cccc(CC(=O)Nc2cccc(CNC(=O)CC#N)c2)c1. The minimum absolute atomic E-state index is 0.0914. The number of anilines is 1. The Bertz CT molecular complexity index is 778. The molecule has 0 aliphatic rings. The lowest BCUT2D eigenvalue weighted by molar-refractivity contribution is -0.120. The second-order valence-electron chi connectivity index (χ2n) is 5.53. The van der Waals surface area contributed by atoms with Gasteiger partial charge in [-0.05, 0) is 30.2 Å². The highest BCUT2D eigenvalue weighted by atomic mass is 16.2. The predicted molar refractivity (Wildman–Crippen MR) is 92.0 cm³/mol. The van der Waals surface area contributed by atoms with Crippen molar-refractivity contribution in [2.45, 2.75) is 26.3 Å². The number of rotatable bonds is 6. The summed E-state index contributed by atoms with van der Waals surface area (Å²) in [5.74, 6) is -0.405. The predicted octanol–water partition coefficient (Wildman–Crippen LogP) is 2.71. The van der Waals surface area contributed by atoms with Gasteiger partial charge in [-0.25, -0.2) is 0 Å². The minimum atomic E-state index is -0.314. The van der Waals surface area contributed by atoms with Crippen LogP contribution in [0.25, 0.3) is 0 Å². The smallest absolute Gasteiger partial charge is 0.234 e. The van der Waals surface area contributed by atoms with Crippen LogP contribution in [0.1, 0.15) is 23.1 Å². The molecule has 0 bridgehead atoms. The molecule has 0 atom stereocenters. The lowest BCUT2D eigenvalue weighted by Gasteiger charge is -2.08. The lowest BCUT2D eigenvalue weighted by atomic mass is 10.1. The maximum atomic E-state index is 12.1. The topological polar surface area (TPSA) is 82.0 Å². The van der Waals surface area contributed by atoms with E-state index in [1.54, 1.807) is 18.2 Å². The number of carbonyl (C=O) groups is 2. The van der Waals surface area contributed by atoms with Gasteiger partial charge in [0.1, 0.15) is 6.42 Å². The van der Waals surface area contributed by atoms with Gasteiger partial charge in [-0.3, -0.25) is 9.59 Å². The summed E-state index contributed by atoms with van der Waals surface area (Å²) >= 11 is 0. The Morgan fingerprint density at radius 3 is 2.54 bits per heavy atom. The third-order valence-corrected chi connectivity index (χ3v) is 3.39. The second kappa shape index (κ2) is 8.49. The lowest BCUT2D eigenvalue weighted by Crippen LogP contribution is -2.22. The summed E-state index contributed by atoms with van der Waals surface area (Å²) in [5, 5.41) is 14.0. The number of nitrogens with zero attached hydrogens (tertiary/aromatic N) is 1. The number of hydrogen-bond donors (Lipinski definition) is 2. The van der Waals surface area contributed by atoms with Crippen molar-refractivity contribution in [2.24, 2.45) is 0 Å². The maximum absolute atomic E-state index is 12.1. The number of carbonyl (C=O) groups excluding carboxylic acids is 2. The van der Waals surface area contributed by atoms with E-state index < -0.39 is 0 Å². The van der Waals surface area contributed by atoms with Gasteiger partial charge in [-0.15, -0.1) is 0 Å². The quantitative estimate of drug-likeness (QED) is 0.858. The molecule has 2 N–H and O–H groups in total. The zero-order valence-electron chi connectivity index (χ0n) is 13.5. The van der Waals surface area contributed by atoms with Gasteiger partial charge in [0.15, 0.2) is 0 Å². The normalized spacial score (nSPS) is 9.83. The number of nitriles is 1. The molecule has 2 aromatic rings. The van der Waals surface area contributed by atoms with Crippen LogP contribution in [-0.2, 0) is 22.6 Å². The first kappa shape index (κ1) is 17.2. The van der Waals surface area contributed by atoms with Crippen LogP contribution in [0.2, 0.25) is 0 Å². The van der Waals surface area contributed by atoms with E-state index in [0.717, 1.165) is 16.7 Å². The Balaban J connectivity index is 1.92. The monoisotopic (exact) mass is 321 g/mol. The molecule has 2 amide bonds. The summed E-state index contributed by atoms with van der Waals surface area (Å²) in [7, 11) is 0. The summed E-state index contributed by atoms with van der Waals surface area (Å²) < 4.78 is 0. The number of benzene rings is 2. The van der Waals surface area contributed by atoms with E-state index in [1.165, 1.54) is 0 Å². The molecule has 2 aromatic carbocycles. The zero-order valence-corrected chi connectivity index (χ0v) is 13.5. The first-order valence-electron chi connectivity index (χ1n) is 7.65. The molecule has 0 radical (unpaired) electrons. The molecule has 24 heavy (non-hydrogen) atoms. The highest BCUT2D eigenvalue weighted by Gasteiger charge is 2.06. The molecule has 0 heterocycles. The summed E-state index contributed by atoms with van der Waals surface area (Å²) in [6.07, 6.45) is 0.151. The molecular weight excluding hydrogens is 302 g/mol. The first-order valence-corrected chi connectivity index (χ1v) is 7.65. The fourth-order valence-corrected chi connectivity index (χ4v) is 2.31. The van der Waals surface area contributed by atoms with Crippen LogP contribution in [0.3, 0.4) is 0 Å². The highest BCUT2D eigenvalue weighted by Crippen LogP contribution is 2.12. The fraction of sp³-hybridized carbons (Fsp3) is 0.211. The third-order valence-electron chi connectivity index (χ3n) is 3.39. The molecule has 0 fully saturated rings. The maximum Gasteiger partial charge on any atom is 0.234 e. The van der Waals surface area contributed by atoms with Gasteiger partial charge in [0.05, 0.1) is 12.5 Å². The van der Waals surface area contributed by atoms with Crippen molar-refractivity contribution < 1.29 is 9.59 Å². The Hall–Kier alpha value is -3.13. The number of nitrogens with one attached hydrogen (secondary N) is 2. The van der Waals surface area contributed by atoms with Gasteiger partial charge in [0.25, 0.3) is 0 Å². The van der Waals surface area contributed by atoms with Crippen LogP contribution in [0, 0.1) is 18.3 Å². The summed E-state index contributed by atoms with van der Waals surface area (Å²) in [6, 6.07) is 16.9. The zero-order chi connectivity index (χ0) is 17.4. The molecule has 0 unspecified atom stereocenters. The van der Waals surface area contributed by atoms with Crippen molar-refractivity contribution >= 4 is 17.5 Å². The number of aryl methyl sites for hydroxylation is 1. The van der Waals surface area contributed by atoms with E-state index >= 15 is 0 Å². The molecule has 0 aromatic heterocycles. The van der Waals surface area contributed by atoms with Crippen LogP contribution < -0.4 is 10.6 Å². The van der Waals surface area contributed by atoms with E-state index in [1.807, 2.05) is 43.3 Å². The van der Waals surface area contributed by atoms with Gasteiger partial charge in [-0.2, -0.15) is 5.26 Å². The van der Waals surface area contributed by atoms with E-state index in [-0.39, 0.29) is 18.2 Å². The van der Waals surface area contributed by atoms with E-state index in [4.69, 9.17) is 5.26 Å². The van der Waals surface area contributed by atoms with Gasteiger partial charge in [0, 0.05) is 12.2 Å². The van der Waals surface area contributed by atoms with Crippen molar-refractivity contribution in [3.05, 3.63) is 65.2 Å². The van der Waals surface area contributed by atoms with Crippen LogP contribution in [0.4, 0.5) is 5.69 Å². The van der Waals surface area contributed by atoms with Crippen molar-refractivity contribution in [1.29, 1.82) is 5.26 Å². The molecule has 0 aliphatic carbocycles. The van der Waals surface area contributed by atoms with E-state index in [9.17, 15) is 9.59 Å². The molecule has 5 heteroatoms. The van der Waals surface area contributed by atoms with Gasteiger partial charge < -0.3 is 10.6 Å². The molecule has 0 aliphatic heterocycles. The standard InChI is InChI=1S/C19H19N3O2/c1-14-4-2-5-15(10-14)12-19(24)22-17-7-3-6-16(11-17)13-21-18(23)8-9-20/h2-7,10-11H,8,12-13H2,1H3,(H,21,23)(H,22,24). The van der Waals surface area contributed by atoms with Gasteiger partial charge in [0.2, 0.25) is 11.8 Å². The molecule has 5 nitrogen and oxygen atoms in total. The third kappa shape index (κ3) is 5.58. The van der Waals surface area contributed by atoms with E-state index in [0.29, 0.717) is 18.7 Å². The van der Waals surface area contributed by atoms with Crippen molar-refractivity contribution in [3.8, 4) is 6.07 Å². The second-order valence-corrected chi connectivity index (χ2v) is 5.53. The number of hydrogen-bond acceptors (Lipinski definition) is 3. The van der Waals surface area contributed by atoms with Crippen LogP contribution in [0.15, 0.2) is 48.5 Å². The summed E-state index contributed by atoms with van der Waals surface area (Å²) in [5.41, 5.74) is 3.62. The molecule has 0 saturated heterocycles. The largest absolute Gasteiger partial charge is 0.351 e. The molecule has 122 valence electrons. The van der Waals surface area contributed by atoms with Gasteiger partial charge >= 0.3 is 0 Å². The fourth-order valence-electron chi connectivity index (χ4n) is 2.31. The van der Waals surface area contributed by atoms with Gasteiger partial charge in [-0.1, -0.05) is 42.0 Å². The van der Waals surface area contributed by atoms with Crippen molar-refractivity contribution in [1.82, 2.24) is 5.32 Å². The summed E-state index contributed by atoms with van der Waals surface area (Å²) in [4.78, 5) is 23.4. The molecule has 0 saturated carbocycles. The van der Waals surface area contributed by atoms with E-state index in [2.05, 4.69) is 10.6 Å². The van der Waals surface area contributed by atoms with Crippen LogP contribution >= 0.6 is 0 Å². The Labute approximate surface area is 141 Å². The van der Waals surface area contributed by atoms with Crippen molar-refractivity contribution in [2.75, 3.05) is 5.32 Å². The molecular formula is C19H19N3O2. The first-order chi connectivity index (χ1) is 11.6.